The van der Waals surface area contributed by atoms with Crippen LogP contribution >= 0.6 is 0 Å². The van der Waals surface area contributed by atoms with E-state index in [1.54, 1.807) is 0 Å². The maximum absolute atomic E-state index is 6.06. The molecule has 2 rings (SSSR count). The Morgan fingerprint density at radius 3 is 2.00 bits per heavy atom. The summed E-state index contributed by atoms with van der Waals surface area (Å²) in [5, 5.41) is 0. The van der Waals surface area contributed by atoms with Crippen LogP contribution in [0.5, 0.6) is 0 Å². The molecule has 0 bridgehead atoms. The van der Waals surface area contributed by atoms with Crippen molar-refractivity contribution in [1.82, 2.24) is 0 Å². The van der Waals surface area contributed by atoms with Crippen LogP contribution in [0.4, 0.5) is 0 Å². The molecule has 1 unspecified atom stereocenters. The second-order valence-electron chi connectivity index (χ2n) is 3.71. The summed E-state index contributed by atoms with van der Waals surface area (Å²) < 4.78 is 0. The van der Waals surface area contributed by atoms with Gasteiger partial charge >= 0.3 is 0 Å². The first-order valence-electron chi connectivity index (χ1n) is 5.40. The van der Waals surface area contributed by atoms with Gasteiger partial charge in [0.25, 0.3) is 0 Å². The molecule has 0 heterocycles. The van der Waals surface area contributed by atoms with Gasteiger partial charge in [-0.15, -0.1) is 0 Å². The third-order valence-electron chi connectivity index (χ3n) is 2.48. The molecule has 0 N–H and O–H groups in total. The summed E-state index contributed by atoms with van der Waals surface area (Å²) in [6, 6.07) is 20.3. The van der Waals surface area contributed by atoms with E-state index in [9.17, 15) is 0 Å². The summed E-state index contributed by atoms with van der Waals surface area (Å²) in [7, 11) is 0. The van der Waals surface area contributed by atoms with Gasteiger partial charge in [0.15, 0.2) is 0 Å². The summed E-state index contributed by atoms with van der Waals surface area (Å²) in [6.45, 7) is 6.06. The maximum Gasteiger partial charge on any atom is 0.00557 e. The van der Waals surface area contributed by atoms with Gasteiger partial charge in [-0.2, -0.15) is 0 Å². The van der Waals surface area contributed by atoms with Gasteiger partial charge in [0.05, 0.1) is 0 Å². The van der Waals surface area contributed by atoms with Crippen LogP contribution in [0.2, 0.25) is 0 Å². The molecule has 0 amide bonds. The molecule has 78 valence electrons. The molecule has 0 aromatic heterocycles. The van der Waals surface area contributed by atoms with Crippen molar-refractivity contribution in [3.8, 4) is 0 Å². The Kier molecular flexibility index (Phi) is 3.55. The molecule has 2 radical (unpaired) electrons. The molecule has 2 aromatic rings. The molecule has 0 fully saturated rings. The molecule has 1 atom stereocenters. The van der Waals surface area contributed by atoms with Gasteiger partial charge in [-0.1, -0.05) is 72.8 Å². The third kappa shape index (κ3) is 2.83. The predicted molar refractivity (Wildman–Crippen MR) is 69.0 cm³/mol. The highest BCUT2D eigenvalue weighted by Crippen LogP contribution is 2.16. The topological polar surface area (TPSA) is 0 Å². The second kappa shape index (κ2) is 5.32. The van der Waals surface area contributed by atoms with E-state index in [0.29, 0.717) is 0 Å². The van der Waals surface area contributed by atoms with Crippen molar-refractivity contribution in [2.45, 2.75) is 5.92 Å². The summed E-state index contributed by atoms with van der Waals surface area (Å²) in [4.78, 5) is 0. The first kappa shape index (κ1) is 10.7. The molecule has 0 aliphatic heterocycles. The quantitative estimate of drug-likeness (QED) is 0.706. The minimum atomic E-state index is -0.0404. The molecule has 0 spiro atoms. The molecule has 0 saturated heterocycles. The first-order chi connectivity index (χ1) is 7.86. The summed E-state index contributed by atoms with van der Waals surface area (Å²) in [5.74, 6) is -0.0404. The van der Waals surface area contributed by atoms with Crippen molar-refractivity contribution in [2.75, 3.05) is 0 Å². The predicted octanol–water partition coefficient (Wildman–Crippen LogP) is 4.19. The number of allylic oxidation sites excluding steroid dienone is 1. The number of benzene rings is 2. The molecule has 0 aliphatic rings. The molecule has 0 saturated carbocycles. The van der Waals surface area contributed by atoms with Gasteiger partial charge < -0.3 is 0 Å². The van der Waals surface area contributed by atoms with E-state index in [-0.39, 0.29) is 5.92 Å². The van der Waals surface area contributed by atoms with E-state index in [1.807, 2.05) is 54.6 Å². The van der Waals surface area contributed by atoms with E-state index < -0.39 is 0 Å². The van der Waals surface area contributed by atoms with Crippen LogP contribution in [-0.2, 0) is 0 Å². The van der Waals surface area contributed by atoms with Crippen LogP contribution in [0, 0.1) is 6.92 Å². The standard InChI is InChI=1S/C16H14/c1-14(16-10-6-3-7-11-16)12-13-15-8-4-2-5-9-15/h1-14H. The molecule has 0 nitrogen and oxygen atoms in total. The van der Waals surface area contributed by atoms with Gasteiger partial charge in [-0.05, 0) is 18.1 Å². The van der Waals surface area contributed by atoms with Gasteiger partial charge in [-0.25, -0.2) is 0 Å². The van der Waals surface area contributed by atoms with Crippen LogP contribution in [0.25, 0.3) is 6.08 Å². The van der Waals surface area contributed by atoms with Gasteiger partial charge in [0.1, 0.15) is 0 Å². The van der Waals surface area contributed by atoms with Crippen molar-refractivity contribution in [1.29, 1.82) is 0 Å². The molecular weight excluding hydrogens is 192 g/mol. The van der Waals surface area contributed by atoms with Gasteiger partial charge in [0, 0.05) is 5.92 Å². The lowest BCUT2D eigenvalue weighted by Gasteiger charge is -2.05. The van der Waals surface area contributed by atoms with Crippen LogP contribution in [0.1, 0.15) is 17.0 Å². The first-order valence-corrected chi connectivity index (χ1v) is 5.40. The zero-order valence-electron chi connectivity index (χ0n) is 9.08. The highest BCUT2D eigenvalue weighted by atomic mass is 14.0. The van der Waals surface area contributed by atoms with Crippen LogP contribution in [-0.4, -0.2) is 0 Å². The van der Waals surface area contributed by atoms with Crippen molar-refractivity contribution in [3.05, 3.63) is 84.8 Å². The van der Waals surface area contributed by atoms with Crippen LogP contribution in [0.15, 0.2) is 66.7 Å². The maximum atomic E-state index is 6.06. The smallest absolute Gasteiger partial charge is 0.00557 e. The minimum Gasteiger partial charge on any atom is -0.0761 e. The monoisotopic (exact) mass is 206 g/mol. The highest BCUT2D eigenvalue weighted by molar-refractivity contribution is 5.50. The largest absolute Gasteiger partial charge is 0.0761 e. The Labute approximate surface area is 97.3 Å². The fraction of sp³-hybridized carbons (Fsp3) is 0.0625. The number of rotatable bonds is 3. The average molecular weight is 206 g/mol. The van der Waals surface area contributed by atoms with E-state index in [1.165, 1.54) is 5.56 Å². The summed E-state index contributed by atoms with van der Waals surface area (Å²) in [6.07, 6.45) is 4.07. The Balaban J connectivity index is 2.08. The third-order valence-corrected chi connectivity index (χ3v) is 2.48. The van der Waals surface area contributed by atoms with E-state index in [2.05, 4.69) is 18.2 Å². The zero-order chi connectivity index (χ0) is 11.2. The van der Waals surface area contributed by atoms with Crippen molar-refractivity contribution < 1.29 is 0 Å². The van der Waals surface area contributed by atoms with Crippen LogP contribution < -0.4 is 0 Å². The fourth-order valence-electron chi connectivity index (χ4n) is 1.57. The molecule has 16 heavy (non-hydrogen) atoms. The molecule has 0 heteroatoms. The summed E-state index contributed by atoms with van der Waals surface area (Å²) in [5.41, 5.74) is 2.31. The summed E-state index contributed by atoms with van der Waals surface area (Å²) >= 11 is 0. The average Bonchev–Trinajstić information content (AvgIpc) is 2.38. The molecule has 2 aromatic carbocycles. The van der Waals surface area contributed by atoms with Crippen molar-refractivity contribution >= 4 is 6.08 Å². The van der Waals surface area contributed by atoms with E-state index >= 15 is 0 Å². The van der Waals surface area contributed by atoms with Gasteiger partial charge in [-0.3, -0.25) is 0 Å². The van der Waals surface area contributed by atoms with Crippen molar-refractivity contribution in [3.63, 3.8) is 0 Å². The lowest BCUT2D eigenvalue weighted by Crippen LogP contribution is -1.87. The van der Waals surface area contributed by atoms with Gasteiger partial charge in [0.2, 0.25) is 0 Å². The SMILES string of the molecule is [CH]C(C=Cc1ccccc1)c1ccccc1. The Morgan fingerprint density at radius 1 is 0.812 bits per heavy atom. The lowest BCUT2D eigenvalue weighted by molar-refractivity contribution is 1.09. The molecular formula is C16H14. The van der Waals surface area contributed by atoms with E-state index in [4.69, 9.17) is 6.92 Å². The Hall–Kier alpha value is -1.82. The van der Waals surface area contributed by atoms with E-state index in [0.717, 1.165) is 5.56 Å². The number of hydrogen-bond donors (Lipinski definition) is 0. The van der Waals surface area contributed by atoms with Crippen molar-refractivity contribution in [2.24, 2.45) is 0 Å². The lowest BCUT2D eigenvalue weighted by atomic mass is 10.00. The molecule has 0 aliphatic carbocycles. The number of hydrogen-bond acceptors (Lipinski definition) is 0. The Morgan fingerprint density at radius 2 is 1.38 bits per heavy atom. The fourth-order valence-corrected chi connectivity index (χ4v) is 1.57. The zero-order valence-corrected chi connectivity index (χ0v) is 9.08. The van der Waals surface area contributed by atoms with Crippen LogP contribution in [0.3, 0.4) is 0 Å². The highest BCUT2D eigenvalue weighted by Gasteiger charge is 1.99. The normalized spacial score (nSPS) is 12.8. The Bertz CT molecular complexity index is 440. The second-order valence-corrected chi connectivity index (χ2v) is 3.71. The minimum absolute atomic E-state index is 0.0404.